The van der Waals surface area contributed by atoms with Gasteiger partial charge in [0.2, 0.25) is 5.88 Å². The molecule has 5 heteroatoms. The predicted molar refractivity (Wildman–Crippen MR) is 102 cm³/mol. The van der Waals surface area contributed by atoms with Crippen LogP contribution in [0.5, 0.6) is 5.88 Å². The second kappa shape index (κ2) is 8.39. The molecule has 1 unspecified atom stereocenters. The van der Waals surface area contributed by atoms with E-state index in [1.165, 1.54) is 5.56 Å². The predicted octanol–water partition coefficient (Wildman–Crippen LogP) is 4.19. The number of rotatable bonds is 4. The van der Waals surface area contributed by atoms with Gasteiger partial charge in [-0.15, -0.1) is 0 Å². The average molecular weight is 356 g/mol. The lowest BCUT2D eigenvalue weighted by molar-refractivity contribution is 0.0766. The molecule has 0 saturated carbocycles. The van der Waals surface area contributed by atoms with Crippen LogP contribution in [-0.4, -0.2) is 40.7 Å². The van der Waals surface area contributed by atoms with Crippen LogP contribution in [0.25, 0.3) is 0 Å². The smallest absolute Gasteiger partial charge is 0.255 e. The van der Waals surface area contributed by atoms with Crippen LogP contribution in [0, 0.1) is 0 Å². The Kier molecular flexibility index (Phi) is 5.97. The topological polar surface area (TPSA) is 42.4 Å². The molecule has 1 fully saturated rings. The van der Waals surface area contributed by atoms with Crippen molar-refractivity contribution >= 4 is 17.7 Å². The van der Waals surface area contributed by atoms with E-state index in [0.717, 1.165) is 25.3 Å². The molecule has 1 aliphatic heterocycles. The Morgan fingerprint density at radius 1 is 1.20 bits per heavy atom. The molecule has 0 aliphatic carbocycles. The van der Waals surface area contributed by atoms with Gasteiger partial charge in [-0.25, -0.2) is 4.98 Å². The van der Waals surface area contributed by atoms with Gasteiger partial charge in [-0.05, 0) is 31.9 Å². The van der Waals surface area contributed by atoms with Crippen LogP contribution >= 0.6 is 11.8 Å². The molecule has 1 saturated heterocycles. The van der Waals surface area contributed by atoms with E-state index >= 15 is 0 Å². The summed E-state index contributed by atoms with van der Waals surface area (Å²) in [5.41, 5.74) is 1.97. The molecule has 4 nitrogen and oxygen atoms in total. The lowest BCUT2D eigenvalue weighted by Gasteiger charge is -2.20. The summed E-state index contributed by atoms with van der Waals surface area (Å²) in [4.78, 5) is 19.0. The highest BCUT2D eigenvalue weighted by atomic mass is 32.2. The lowest BCUT2D eigenvalue weighted by Crippen LogP contribution is -2.33. The summed E-state index contributed by atoms with van der Waals surface area (Å²) in [6.07, 6.45) is 2.67. The number of ether oxygens (including phenoxy) is 1. The van der Waals surface area contributed by atoms with Crippen LogP contribution in [0.4, 0.5) is 0 Å². The van der Waals surface area contributed by atoms with E-state index in [0.29, 0.717) is 16.7 Å². The summed E-state index contributed by atoms with van der Waals surface area (Å²) in [6, 6.07) is 14.1. The second-order valence-corrected chi connectivity index (χ2v) is 7.71. The van der Waals surface area contributed by atoms with Crippen molar-refractivity contribution in [1.82, 2.24) is 9.88 Å². The normalized spacial score (nSPS) is 18.0. The third kappa shape index (κ3) is 4.75. The quantitative estimate of drug-likeness (QED) is 0.824. The third-order valence-electron chi connectivity index (χ3n) is 4.14. The molecule has 0 bridgehead atoms. The highest BCUT2D eigenvalue weighted by Gasteiger charge is 2.23. The Morgan fingerprint density at radius 2 is 2.00 bits per heavy atom. The van der Waals surface area contributed by atoms with Crippen molar-refractivity contribution in [2.45, 2.75) is 31.6 Å². The minimum absolute atomic E-state index is 0.0536. The van der Waals surface area contributed by atoms with Crippen molar-refractivity contribution in [1.29, 1.82) is 0 Å². The minimum atomic E-state index is 0.0536. The fourth-order valence-electron chi connectivity index (χ4n) is 2.91. The number of pyridine rings is 1. The van der Waals surface area contributed by atoms with Crippen molar-refractivity contribution in [2.24, 2.45) is 0 Å². The fourth-order valence-corrected chi connectivity index (χ4v) is 4.14. The Hall–Kier alpha value is -2.01. The Labute approximate surface area is 153 Å². The van der Waals surface area contributed by atoms with E-state index in [9.17, 15) is 4.79 Å². The molecule has 25 heavy (non-hydrogen) atoms. The number of benzene rings is 1. The van der Waals surface area contributed by atoms with E-state index in [-0.39, 0.29) is 12.0 Å². The zero-order valence-electron chi connectivity index (χ0n) is 14.7. The molecule has 2 aromatic rings. The molecule has 1 atom stereocenters. The van der Waals surface area contributed by atoms with Crippen molar-refractivity contribution in [3.63, 3.8) is 0 Å². The summed E-state index contributed by atoms with van der Waals surface area (Å²) in [5.74, 6) is 1.56. The molecule has 1 aromatic carbocycles. The maximum absolute atomic E-state index is 12.8. The first-order chi connectivity index (χ1) is 12.1. The zero-order valence-corrected chi connectivity index (χ0v) is 15.5. The van der Waals surface area contributed by atoms with Gasteiger partial charge in [0.25, 0.3) is 5.91 Å². The summed E-state index contributed by atoms with van der Waals surface area (Å²) < 4.78 is 5.54. The van der Waals surface area contributed by atoms with Crippen molar-refractivity contribution in [3.8, 4) is 5.88 Å². The summed E-state index contributed by atoms with van der Waals surface area (Å²) in [6.45, 7) is 5.46. The highest BCUT2D eigenvalue weighted by molar-refractivity contribution is 7.99. The van der Waals surface area contributed by atoms with Gasteiger partial charge < -0.3 is 9.64 Å². The van der Waals surface area contributed by atoms with Gasteiger partial charge in [0, 0.05) is 36.4 Å². The molecule has 3 rings (SSSR count). The van der Waals surface area contributed by atoms with E-state index in [4.69, 9.17) is 4.74 Å². The number of thioether (sulfide) groups is 1. The summed E-state index contributed by atoms with van der Waals surface area (Å²) in [5, 5.41) is 0.457. The van der Waals surface area contributed by atoms with Crippen LogP contribution in [0.3, 0.4) is 0 Å². The number of hydrogen-bond acceptors (Lipinski definition) is 4. The van der Waals surface area contributed by atoms with Crippen LogP contribution in [0.15, 0.2) is 48.7 Å². The van der Waals surface area contributed by atoms with Gasteiger partial charge in [0.1, 0.15) is 0 Å². The van der Waals surface area contributed by atoms with Gasteiger partial charge in [-0.2, -0.15) is 11.8 Å². The van der Waals surface area contributed by atoms with Crippen molar-refractivity contribution in [2.75, 3.05) is 18.8 Å². The molecular weight excluding hydrogens is 332 g/mol. The third-order valence-corrected chi connectivity index (χ3v) is 5.47. The Morgan fingerprint density at radius 3 is 2.68 bits per heavy atom. The Balaban J connectivity index is 1.63. The van der Waals surface area contributed by atoms with E-state index in [1.807, 2.05) is 36.6 Å². The van der Waals surface area contributed by atoms with Crippen LogP contribution in [0.2, 0.25) is 0 Å². The monoisotopic (exact) mass is 356 g/mol. The molecule has 1 amide bonds. The first-order valence-electron chi connectivity index (χ1n) is 8.72. The molecule has 1 aliphatic rings. The summed E-state index contributed by atoms with van der Waals surface area (Å²) >= 11 is 1.93. The lowest BCUT2D eigenvalue weighted by atomic mass is 10.1. The minimum Gasteiger partial charge on any atom is -0.475 e. The number of nitrogens with zero attached hydrogens (tertiary/aromatic N) is 2. The molecule has 132 valence electrons. The van der Waals surface area contributed by atoms with E-state index in [1.54, 1.807) is 18.3 Å². The molecular formula is C20H24N2O2S. The molecule has 0 radical (unpaired) electrons. The first-order valence-corrected chi connectivity index (χ1v) is 9.77. The number of hydrogen-bond donors (Lipinski definition) is 0. The van der Waals surface area contributed by atoms with Gasteiger partial charge in [0.15, 0.2) is 0 Å². The number of aromatic nitrogens is 1. The maximum Gasteiger partial charge on any atom is 0.255 e. The second-order valence-electron chi connectivity index (χ2n) is 6.40. The van der Waals surface area contributed by atoms with Gasteiger partial charge in [0.05, 0.1) is 11.7 Å². The SMILES string of the molecule is CC(C)Oc1ccc(C(=O)N2CCSC(c3ccccc3)CC2)cn1. The van der Waals surface area contributed by atoms with Crippen molar-refractivity contribution in [3.05, 3.63) is 59.8 Å². The van der Waals surface area contributed by atoms with Crippen molar-refractivity contribution < 1.29 is 9.53 Å². The molecule has 0 N–H and O–H groups in total. The largest absolute Gasteiger partial charge is 0.475 e. The Bertz CT molecular complexity index is 689. The first kappa shape index (κ1) is 17.8. The van der Waals surface area contributed by atoms with Gasteiger partial charge in [-0.3, -0.25) is 4.79 Å². The number of carbonyl (C=O) groups excluding carboxylic acids is 1. The fraction of sp³-hybridized carbons (Fsp3) is 0.400. The maximum atomic E-state index is 12.8. The van der Waals surface area contributed by atoms with Gasteiger partial charge in [-0.1, -0.05) is 30.3 Å². The average Bonchev–Trinajstić information content (AvgIpc) is 2.88. The van der Waals surface area contributed by atoms with Crippen LogP contribution < -0.4 is 4.74 Å². The number of amides is 1. The molecule has 0 spiro atoms. The summed E-state index contributed by atoms with van der Waals surface area (Å²) in [7, 11) is 0. The standard InChI is InChI=1S/C20H24N2O2S/c1-15(2)24-19-9-8-17(14-21-19)20(23)22-11-10-18(25-13-12-22)16-6-4-3-5-7-16/h3-9,14-15,18H,10-13H2,1-2H3. The van der Waals surface area contributed by atoms with E-state index in [2.05, 4.69) is 29.2 Å². The zero-order chi connectivity index (χ0) is 17.6. The van der Waals surface area contributed by atoms with Crippen LogP contribution in [-0.2, 0) is 0 Å². The van der Waals surface area contributed by atoms with E-state index < -0.39 is 0 Å². The van der Waals surface area contributed by atoms with Crippen LogP contribution in [0.1, 0.15) is 41.4 Å². The molecule has 1 aromatic heterocycles. The molecule has 2 heterocycles. The number of carbonyl (C=O) groups is 1. The highest BCUT2D eigenvalue weighted by Crippen LogP contribution is 2.34. The van der Waals surface area contributed by atoms with Gasteiger partial charge >= 0.3 is 0 Å².